The molecule has 3 nitrogen and oxygen atoms in total. The van der Waals surface area contributed by atoms with E-state index in [1.165, 1.54) is 10.5 Å². The van der Waals surface area contributed by atoms with E-state index >= 15 is 0 Å². The molecule has 0 saturated carbocycles. The molecular formula is C18H16BrNO2. The van der Waals surface area contributed by atoms with Crippen molar-refractivity contribution in [2.45, 2.75) is 19.3 Å². The Kier molecular flexibility index (Phi) is 4.39. The van der Waals surface area contributed by atoms with Crippen LogP contribution in [0.25, 0.3) is 0 Å². The van der Waals surface area contributed by atoms with Gasteiger partial charge in [-0.25, -0.2) is 0 Å². The standard InChI is InChI=1S/C18H16BrNO2/c19-14-8-5-7-13(12-14)6-3-4-11-20-17(21)15-9-1-2-10-16(15)18(20)22/h1-2,5,7-10,12H,3-4,6,11H2. The molecule has 2 amide bonds. The summed E-state index contributed by atoms with van der Waals surface area (Å²) < 4.78 is 1.07. The molecular weight excluding hydrogens is 342 g/mol. The number of aryl methyl sites for hydroxylation is 1. The van der Waals surface area contributed by atoms with Crippen molar-refractivity contribution in [3.8, 4) is 0 Å². The van der Waals surface area contributed by atoms with E-state index in [0.717, 1.165) is 23.7 Å². The minimum Gasteiger partial charge on any atom is -0.274 e. The third-order valence-electron chi connectivity index (χ3n) is 3.86. The minimum atomic E-state index is -0.164. The number of carbonyl (C=O) groups is 2. The maximum absolute atomic E-state index is 12.2. The number of rotatable bonds is 5. The number of unbranched alkanes of at least 4 members (excludes halogenated alkanes) is 1. The SMILES string of the molecule is O=C1c2ccccc2C(=O)N1CCCCc1cccc(Br)c1. The monoisotopic (exact) mass is 357 g/mol. The largest absolute Gasteiger partial charge is 0.274 e. The maximum Gasteiger partial charge on any atom is 0.261 e. The van der Waals surface area contributed by atoms with Crippen molar-refractivity contribution in [3.63, 3.8) is 0 Å². The first kappa shape index (κ1) is 15.0. The number of amides is 2. The molecule has 0 unspecified atom stereocenters. The molecule has 1 aliphatic heterocycles. The van der Waals surface area contributed by atoms with Crippen molar-refractivity contribution in [1.82, 2.24) is 4.90 Å². The molecule has 22 heavy (non-hydrogen) atoms. The Hall–Kier alpha value is -1.94. The number of fused-ring (bicyclic) bond motifs is 1. The van der Waals surface area contributed by atoms with Gasteiger partial charge in [-0.2, -0.15) is 0 Å². The molecule has 3 rings (SSSR count). The third-order valence-corrected chi connectivity index (χ3v) is 4.36. The van der Waals surface area contributed by atoms with Crippen molar-refractivity contribution in [2.75, 3.05) is 6.54 Å². The van der Waals surface area contributed by atoms with Crippen molar-refractivity contribution in [2.24, 2.45) is 0 Å². The molecule has 0 aromatic heterocycles. The van der Waals surface area contributed by atoms with E-state index in [1.807, 2.05) is 12.1 Å². The van der Waals surface area contributed by atoms with Crippen LogP contribution in [0, 0.1) is 0 Å². The predicted octanol–water partition coefficient (Wildman–Crippen LogP) is 4.07. The van der Waals surface area contributed by atoms with Crippen molar-refractivity contribution >= 4 is 27.7 Å². The second-order valence-electron chi connectivity index (χ2n) is 5.39. The number of hydrogen-bond donors (Lipinski definition) is 0. The lowest BCUT2D eigenvalue weighted by atomic mass is 10.1. The lowest BCUT2D eigenvalue weighted by Crippen LogP contribution is -2.30. The highest BCUT2D eigenvalue weighted by molar-refractivity contribution is 9.10. The number of carbonyl (C=O) groups excluding carboxylic acids is 2. The molecule has 1 aliphatic rings. The summed E-state index contributed by atoms with van der Waals surface area (Å²) in [5.74, 6) is -0.328. The Morgan fingerprint density at radius 2 is 1.55 bits per heavy atom. The van der Waals surface area contributed by atoms with Crippen LogP contribution in [0.15, 0.2) is 53.0 Å². The fourth-order valence-electron chi connectivity index (χ4n) is 2.73. The highest BCUT2D eigenvalue weighted by Gasteiger charge is 2.34. The summed E-state index contributed by atoms with van der Waals surface area (Å²) >= 11 is 3.46. The van der Waals surface area contributed by atoms with E-state index < -0.39 is 0 Å². The van der Waals surface area contributed by atoms with Gasteiger partial charge in [-0.05, 0) is 49.1 Å². The molecule has 0 aliphatic carbocycles. The topological polar surface area (TPSA) is 37.4 Å². The van der Waals surface area contributed by atoms with Gasteiger partial charge < -0.3 is 0 Å². The van der Waals surface area contributed by atoms with E-state index in [2.05, 4.69) is 28.1 Å². The molecule has 0 spiro atoms. The van der Waals surface area contributed by atoms with E-state index in [-0.39, 0.29) is 11.8 Å². The van der Waals surface area contributed by atoms with Crippen LogP contribution in [0.2, 0.25) is 0 Å². The number of halogens is 1. The van der Waals surface area contributed by atoms with Gasteiger partial charge in [-0.3, -0.25) is 14.5 Å². The van der Waals surface area contributed by atoms with Crippen LogP contribution >= 0.6 is 15.9 Å². The molecule has 0 N–H and O–H groups in total. The van der Waals surface area contributed by atoms with Crippen molar-refractivity contribution < 1.29 is 9.59 Å². The van der Waals surface area contributed by atoms with E-state index in [9.17, 15) is 9.59 Å². The Labute approximate surface area is 138 Å². The molecule has 0 atom stereocenters. The third kappa shape index (κ3) is 2.97. The second kappa shape index (κ2) is 6.44. The number of hydrogen-bond acceptors (Lipinski definition) is 2. The lowest BCUT2D eigenvalue weighted by Gasteiger charge is -2.13. The summed E-state index contributed by atoms with van der Waals surface area (Å²) in [6, 6.07) is 15.2. The van der Waals surface area contributed by atoms with Crippen LogP contribution in [0.5, 0.6) is 0 Å². The van der Waals surface area contributed by atoms with E-state index in [1.54, 1.807) is 24.3 Å². The number of imide groups is 1. The summed E-state index contributed by atoms with van der Waals surface area (Å²) in [6.45, 7) is 0.486. The fourth-order valence-corrected chi connectivity index (χ4v) is 3.18. The minimum absolute atomic E-state index is 0.164. The molecule has 0 fully saturated rings. The molecule has 0 saturated heterocycles. The average molecular weight is 358 g/mol. The Bertz CT molecular complexity index is 692. The van der Waals surface area contributed by atoms with Gasteiger partial charge in [0.05, 0.1) is 11.1 Å². The smallest absolute Gasteiger partial charge is 0.261 e. The quantitative estimate of drug-likeness (QED) is 0.597. The molecule has 2 aromatic rings. The van der Waals surface area contributed by atoms with Gasteiger partial charge in [-0.15, -0.1) is 0 Å². The summed E-state index contributed by atoms with van der Waals surface area (Å²) in [5, 5.41) is 0. The van der Waals surface area contributed by atoms with Crippen LogP contribution in [0.3, 0.4) is 0 Å². The molecule has 0 radical (unpaired) electrons. The first-order valence-electron chi connectivity index (χ1n) is 7.36. The Balaban J connectivity index is 1.55. The van der Waals surface area contributed by atoms with Gasteiger partial charge in [0.2, 0.25) is 0 Å². The number of nitrogens with zero attached hydrogens (tertiary/aromatic N) is 1. The van der Waals surface area contributed by atoms with Crippen LogP contribution < -0.4 is 0 Å². The van der Waals surface area contributed by atoms with Crippen molar-refractivity contribution in [1.29, 1.82) is 0 Å². The first-order chi connectivity index (χ1) is 10.7. The van der Waals surface area contributed by atoms with Crippen molar-refractivity contribution in [3.05, 3.63) is 69.7 Å². The van der Waals surface area contributed by atoms with Crippen LogP contribution in [-0.2, 0) is 6.42 Å². The fraction of sp³-hybridized carbons (Fsp3) is 0.222. The highest BCUT2D eigenvalue weighted by atomic mass is 79.9. The molecule has 2 aromatic carbocycles. The second-order valence-corrected chi connectivity index (χ2v) is 6.31. The average Bonchev–Trinajstić information content (AvgIpc) is 2.77. The van der Waals surface area contributed by atoms with Gasteiger partial charge in [0, 0.05) is 11.0 Å². The zero-order chi connectivity index (χ0) is 15.5. The summed E-state index contributed by atoms with van der Waals surface area (Å²) in [6.07, 6.45) is 2.71. The van der Waals surface area contributed by atoms with Gasteiger partial charge >= 0.3 is 0 Å². The molecule has 112 valence electrons. The summed E-state index contributed by atoms with van der Waals surface area (Å²) in [4.78, 5) is 25.8. The summed E-state index contributed by atoms with van der Waals surface area (Å²) in [7, 11) is 0. The maximum atomic E-state index is 12.2. The Morgan fingerprint density at radius 3 is 2.18 bits per heavy atom. The molecule has 1 heterocycles. The number of benzene rings is 2. The van der Waals surface area contributed by atoms with Crippen LogP contribution in [0.4, 0.5) is 0 Å². The lowest BCUT2D eigenvalue weighted by molar-refractivity contribution is 0.0652. The van der Waals surface area contributed by atoms with Gasteiger partial charge in [0.15, 0.2) is 0 Å². The highest BCUT2D eigenvalue weighted by Crippen LogP contribution is 2.23. The van der Waals surface area contributed by atoms with E-state index in [0.29, 0.717) is 17.7 Å². The van der Waals surface area contributed by atoms with Gasteiger partial charge in [-0.1, -0.05) is 40.2 Å². The van der Waals surface area contributed by atoms with Crippen LogP contribution in [-0.4, -0.2) is 23.3 Å². The molecule has 0 bridgehead atoms. The van der Waals surface area contributed by atoms with Crippen LogP contribution in [0.1, 0.15) is 39.1 Å². The first-order valence-corrected chi connectivity index (χ1v) is 8.16. The zero-order valence-electron chi connectivity index (χ0n) is 12.1. The van der Waals surface area contributed by atoms with Gasteiger partial charge in [0.25, 0.3) is 11.8 Å². The Morgan fingerprint density at radius 1 is 0.864 bits per heavy atom. The predicted molar refractivity (Wildman–Crippen MR) is 88.9 cm³/mol. The normalized spacial score (nSPS) is 13.6. The molecule has 4 heteroatoms. The zero-order valence-corrected chi connectivity index (χ0v) is 13.7. The van der Waals surface area contributed by atoms with Gasteiger partial charge in [0.1, 0.15) is 0 Å². The summed E-state index contributed by atoms with van der Waals surface area (Å²) in [5.41, 5.74) is 2.32. The van der Waals surface area contributed by atoms with E-state index in [4.69, 9.17) is 0 Å².